The molecule has 0 amide bonds. The molecule has 0 atom stereocenters. The van der Waals surface area contributed by atoms with Gasteiger partial charge in [-0.05, 0) is 17.7 Å². The van der Waals surface area contributed by atoms with Gasteiger partial charge in [0.1, 0.15) is 5.51 Å². The molecule has 0 aliphatic rings. The first-order chi connectivity index (χ1) is 7.25. The number of anilines is 1. The Morgan fingerprint density at radius 2 is 2.33 bits per heavy atom. The van der Waals surface area contributed by atoms with Crippen molar-refractivity contribution in [3.8, 4) is 0 Å². The summed E-state index contributed by atoms with van der Waals surface area (Å²) in [7, 11) is 0. The highest BCUT2D eigenvalue weighted by Gasteiger charge is 2.03. The Morgan fingerprint density at radius 3 is 3.00 bits per heavy atom. The first kappa shape index (κ1) is 10.9. The molecule has 3 nitrogen and oxygen atoms in total. The van der Waals surface area contributed by atoms with E-state index in [-0.39, 0.29) is 0 Å². The van der Waals surface area contributed by atoms with E-state index in [9.17, 15) is 0 Å². The van der Waals surface area contributed by atoms with Gasteiger partial charge in [-0.15, -0.1) is 10.2 Å². The van der Waals surface area contributed by atoms with Gasteiger partial charge in [0.25, 0.3) is 0 Å². The minimum atomic E-state index is 0.807. The largest absolute Gasteiger partial charge is 0.398 e. The maximum Gasteiger partial charge on any atom is 0.174 e. The molecule has 2 rings (SSSR count). The average Bonchev–Trinajstić information content (AvgIpc) is 2.69. The van der Waals surface area contributed by atoms with Gasteiger partial charge in [-0.2, -0.15) is 0 Å². The Balaban J connectivity index is 2.05. The number of nitrogen functional groups attached to an aromatic ring is 1. The molecule has 1 aromatic heterocycles. The average molecular weight is 302 g/mol. The van der Waals surface area contributed by atoms with E-state index < -0.39 is 0 Å². The summed E-state index contributed by atoms with van der Waals surface area (Å²) in [6.07, 6.45) is 0. The number of hydrogen-bond acceptors (Lipinski definition) is 5. The van der Waals surface area contributed by atoms with Crippen molar-refractivity contribution in [2.75, 3.05) is 5.73 Å². The standard InChI is InChI=1S/C9H8BrN3S2/c10-7-2-1-6(8(11)3-7)4-14-9-13-12-5-15-9/h1-3,5H,4,11H2. The van der Waals surface area contributed by atoms with E-state index in [0.29, 0.717) is 0 Å². The number of hydrogen-bond donors (Lipinski definition) is 1. The van der Waals surface area contributed by atoms with Gasteiger partial charge in [-0.1, -0.05) is 45.1 Å². The minimum absolute atomic E-state index is 0.807. The third-order valence-electron chi connectivity index (χ3n) is 1.80. The maximum absolute atomic E-state index is 5.88. The van der Waals surface area contributed by atoms with Crippen LogP contribution in [0.3, 0.4) is 0 Å². The predicted octanol–water partition coefficient (Wildman–Crippen LogP) is 3.18. The molecule has 2 N–H and O–H groups in total. The van der Waals surface area contributed by atoms with Crippen LogP contribution in [0.5, 0.6) is 0 Å². The summed E-state index contributed by atoms with van der Waals surface area (Å²) < 4.78 is 1.97. The van der Waals surface area contributed by atoms with Crippen molar-refractivity contribution in [1.29, 1.82) is 0 Å². The Hall–Kier alpha value is -0.590. The van der Waals surface area contributed by atoms with Crippen LogP contribution in [0.25, 0.3) is 0 Å². The molecule has 0 spiro atoms. The lowest BCUT2D eigenvalue weighted by Gasteiger charge is -2.03. The van der Waals surface area contributed by atoms with Crippen molar-refractivity contribution in [3.05, 3.63) is 33.7 Å². The molecule has 78 valence electrons. The van der Waals surface area contributed by atoms with Gasteiger partial charge in [-0.25, -0.2) is 0 Å². The van der Waals surface area contributed by atoms with Gasteiger partial charge in [0.15, 0.2) is 4.34 Å². The Labute approximate surface area is 104 Å². The lowest BCUT2D eigenvalue weighted by molar-refractivity contribution is 1.01. The van der Waals surface area contributed by atoms with E-state index in [1.807, 2.05) is 18.2 Å². The van der Waals surface area contributed by atoms with E-state index in [2.05, 4.69) is 26.1 Å². The highest BCUT2D eigenvalue weighted by atomic mass is 79.9. The number of benzene rings is 1. The van der Waals surface area contributed by atoms with Crippen LogP contribution in [0.4, 0.5) is 5.69 Å². The number of nitrogens with two attached hydrogens (primary N) is 1. The Morgan fingerprint density at radius 1 is 1.47 bits per heavy atom. The molecule has 0 saturated carbocycles. The Bertz CT molecular complexity index is 445. The number of aromatic nitrogens is 2. The summed E-state index contributed by atoms with van der Waals surface area (Å²) in [5.74, 6) is 0.828. The van der Waals surface area contributed by atoms with Crippen molar-refractivity contribution in [2.45, 2.75) is 10.1 Å². The second-order valence-corrected chi connectivity index (χ2v) is 5.81. The molecule has 6 heteroatoms. The molecule has 0 unspecified atom stereocenters. The Kier molecular flexibility index (Phi) is 3.61. The van der Waals surface area contributed by atoms with Crippen LogP contribution in [0, 0.1) is 0 Å². The van der Waals surface area contributed by atoms with Gasteiger partial charge in [0.05, 0.1) is 0 Å². The van der Waals surface area contributed by atoms with Gasteiger partial charge in [-0.3, -0.25) is 0 Å². The molecule has 15 heavy (non-hydrogen) atoms. The zero-order valence-corrected chi connectivity index (χ0v) is 10.9. The molecular formula is C9H8BrN3S2. The van der Waals surface area contributed by atoms with E-state index >= 15 is 0 Å². The van der Waals surface area contributed by atoms with Crippen molar-refractivity contribution in [2.24, 2.45) is 0 Å². The third-order valence-corrected chi connectivity index (χ3v) is 4.20. The number of thioether (sulfide) groups is 1. The van der Waals surface area contributed by atoms with E-state index in [0.717, 1.165) is 25.8 Å². The van der Waals surface area contributed by atoms with Crippen LogP contribution in [0.1, 0.15) is 5.56 Å². The SMILES string of the molecule is Nc1cc(Br)ccc1CSc1nncs1. The van der Waals surface area contributed by atoms with Gasteiger partial charge in [0.2, 0.25) is 0 Å². The van der Waals surface area contributed by atoms with Crippen LogP contribution in [-0.4, -0.2) is 10.2 Å². The normalized spacial score (nSPS) is 10.5. The third kappa shape index (κ3) is 2.93. The zero-order valence-electron chi connectivity index (χ0n) is 7.68. The number of halogens is 1. The summed E-state index contributed by atoms with van der Waals surface area (Å²) in [4.78, 5) is 0. The second kappa shape index (κ2) is 4.96. The fraction of sp³-hybridized carbons (Fsp3) is 0.111. The van der Waals surface area contributed by atoms with Crippen molar-refractivity contribution in [1.82, 2.24) is 10.2 Å². The minimum Gasteiger partial charge on any atom is -0.398 e. The maximum atomic E-state index is 5.88. The van der Waals surface area contributed by atoms with E-state index in [4.69, 9.17) is 5.73 Å². The summed E-state index contributed by atoms with van der Waals surface area (Å²) in [6, 6.07) is 5.93. The fourth-order valence-corrected chi connectivity index (χ4v) is 2.94. The fourth-order valence-electron chi connectivity index (χ4n) is 1.06. The highest BCUT2D eigenvalue weighted by Crippen LogP contribution is 2.27. The van der Waals surface area contributed by atoms with Crippen molar-refractivity contribution >= 4 is 44.7 Å². The first-order valence-corrected chi connectivity index (χ1v) is 6.84. The monoisotopic (exact) mass is 301 g/mol. The summed E-state index contributed by atoms with van der Waals surface area (Å²) >= 11 is 6.57. The summed E-state index contributed by atoms with van der Waals surface area (Å²) in [6.45, 7) is 0. The molecule has 0 saturated heterocycles. The lowest BCUT2D eigenvalue weighted by atomic mass is 10.2. The van der Waals surface area contributed by atoms with Gasteiger partial charge >= 0.3 is 0 Å². The molecule has 0 fully saturated rings. The van der Waals surface area contributed by atoms with Gasteiger partial charge in [0, 0.05) is 15.9 Å². The molecule has 0 aliphatic heterocycles. The number of rotatable bonds is 3. The first-order valence-electron chi connectivity index (χ1n) is 4.18. The summed E-state index contributed by atoms with van der Waals surface area (Å²) in [5.41, 5.74) is 9.54. The second-order valence-electron chi connectivity index (χ2n) is 2.84. The molecule has 0 radical (unpaired) electrons. The quantitative estimate of drug-likeness (QED) is 0.699. The lowest BCUT2D eigenvalue weighted by Crippen LogP contribution is -1.92. The van der Waals surface area contributed by atoms with E-state index in [1.54, 1.807) is 28.6 Å². The summed E-state index contributed by atoms with van der Waals surface area (Å²) in [5, 5.41) is 7.74. The smallest absolute Gasteiger partial charge is 0.174 e. The molecule has 0 aliphatic carbocycles. The molecule has 2 aromatic rings. The predicted molar refractivity (Wildman–Crippen MR) is 68.0 cm³/mol. The highest BCUT2D eigenvalue weighted by molar-refractivity contribution is 9.10. The molecular weight excluding hydrogens is 294 g/mol. The molecule has 1 heterocycles. The van der Waals surface area contributed by atoms with Crippen molar-refractivity contribution in [3.63, 3.8) is 0 Å². The van der Waals surface area contributed by atoms with Gasteiger partial charge < -0.3 is 5.73 Å². The van der Waals surface area contributed by atoms with Crippen LogP contribution in [0.15, 0.2) is 32.5 Å². The van der Waals surface area contributed by atoms with Crippen LogP contribution < -0.4 is 5.73 Å². The van der Waals surface area contributed by atoms with Crippen LogP contribution in [0.2, 0.25) is 0 Å². The topological polar surface area (TPSA) is 51.8 Å². The zero-order chi connectivity index (χ0) is 10.7. The number of nitrogens with zero attached hydrogens (tertiary/aromatic N) is 2. The van der Waals surface area contributed by atoms with E-state index in [1.165, 1.54) is 0 Å². The van der Waals surface area contributed by atoms with Crippen LogP contribution in [-0.2, 0) is 5.75 Å². The molecule has 0 bridgehead atoms. The van der Waals surface area contributed by atoms with Crippen LogP contribution >= 0.6 is 39.0 Å². The molecule has 1 aromatic carbocycles. The van der Waals surface area contributed by atoms with Crippen molar-refractivity contribution < 1.29 is 0 Å².